The molecule has 1 heterocycles. The molecule has 2 amide bonds. The lowest BCUT2D eigenvalue weighted by molar-refractivity contribution is -0.125. The van der Waals surface area contributed by atoms with Gasteiger partial charge < -0.3 is 20.7 Å². The van der Waals surface area contributed by atoms with E-state index in [1.807, 2.05) is 36.4 Å². The maximum atomic E-state index is 12.5. The Hall–Kier alpha value is -2.57. The number of anilines is 1. The van der Waals surface area contributed by atoms with Gasteiger partial charge in [-0.1, -0.05) is 50.2 Å². The van der Waals surface area contributed by atoms with Gasteiger partial charge in [0.25, 0.3) is 5.91 Å². The van der Waals surface area contributed by atoms with Crippen molar-refractivity contribution < 1.29 is 14.3 Å². The molecule has 3 rings (SSSR count). The number of fused-ring (bicyclic) bond motifs is 1. The van der Waals surface area contributed by atoms with E-state index in [1.54, 1.807) is 11.8 Å². The number of nitrogens with two attached hydrogens (primary N) is 1. The van der Waals surface area contributed by atoms with Gasteiger partial charge in [0, 0.05) is 25.6 Å². The lowest BCUT2D eigenvalue weighted by Crippen LogP contribution is -2.46. The summed E-state index contributed by atoms with van der Waals surface area (Å²) >= 11 is 0. The number of rotatable bonds is 7. The molecule has 2 aromatic rings. The summed E-state index contributed by atoms with van der Waals surface area (Å²) in [5, 5.41) is 2.87. The van der Waals surface area contributed by atoms with Crippen molar-refractivity contribution >= 4 is 29.9 Å². The van der Waals surface area contributed by atoms with Crippen LogP contribution in [0.5, 0.6) is 5.75 Å². The van der Waals surface area contributed by atoms with E-state index in [-0.39, 0.29) is 36.7 Å². The van der Waals surface area contributed by atoms with E-state index >= 15 is 0 Å². The molecule has 0 saturated heterocycles. The average molecular weight is 432 g/mol. The minimum atomic E-state index is -0.560. The number of benzene rings is 2. The molecule has 0 fully saturated rings. The van der Waals surface area contributed by atoms with E-state index in [0.717, 1.165) is 5.56 Å². The van der Waals surface area contributed by atoms with Gasteiger partial charge in [0.1, 0.15) is 5.75 Å². The minimum absolute atomic E-state index is 0. The highest BCUT2D eigenvalue weighted by Gasteiger charge is 2.31. The third kappa shape index (κ3) is 5.52. The SMILES string of the molecule is CC1Oc2ccccc2N(CCC(=O)NCC(N)c2ccc(C(C)C)cc2)C1=O.Cl. The summed E-state index contributed by atoms with van der Waals surface area (Å²) in [6.45, 7) is 6.66. The van der Waals surface area contributed by atoms with Gasteiger partial charge in [-0.15, -0.1) is 12.4 Å². The Bertz CT molecular complexity index is 870. The van der Waals surface area contributed by atoms with E-state index in [2.05, 4.69) is 31.3 Å². The van der Waals surface area contributed by atoms with Crippen molar-refractivity contribution in [2.75, 3.05) is 18.0 Å². The predicted octanol–water partition coefficient (Wildman–Crippen LogP) is 3.55. The van der Waals surface area contributed by atoms with Crippen LogP contribution in [0.2, 0.25) is 0 Å². The van der Waals surface area contributed by atoms with Gasteiger partial charge in [-0.05, 0) is 36.1 Å². The predicted molar refractivity (Wildman–Crippen MR) is 121 cm³/mol. The Morgan fingerprint density at radius 3 is 2.43 bits per heavy atom. The molecule has 0 aliphatic carbocycles. The molecule has 7 heteroatoms. The van der Waals surface area contributed by atoms with Crippen molar-refractivity contribution in [3.05, 3.63) is 59.7 Å². The number of halogens is 1. The largest absolute Gasteiger partial charge is 0.479 e. The van der Waals surface area contributed by atoms with Crippen molar-refractivity contribution in [1.29, 1.82) is 0 Å². The number of carbonyl (C=O) groups excluding carboxylic acids is 2. The summed E-state index contributed by atoms with van der Waals surface area (Å²) in [7, 11) is 0. The molecule has 0 radical (unpaired) electrons. The quantitative estimate of drug-likeness (QED) is 0.702. The van der Waals surface area contributed by atoms with Gasteiger partial charge in [0.15, 0.2) is 6.10 Å². The van der Waals surface area contributed by atoms with Gasteiger partial charge in [0.05, 0.1) is 5.69 Å². The zero-order valence-corrected chi connectivity index (χ0v) is 18.4. The molecular weight excluding hydrogens is 402 g/mol. The molecule has 3 N–H and O–H groups in total. The number of hydrogen-bond acceptors (Lipinski definition) is 4. The zero-order chi connectivity index (χ0) is 21.0. The number of carbonyl (C=O) groups is 2. The van der Waals surface area contributed by atoms with Crippen LogP contribution in [-0.4, -0.2) is 31.0 Å². The van der Waals surface area contributed by atoms with Crippen LogP contribution in [0, 0.1) is 0 Å². The lowest BCUT2D eigenvalue weighted by atomic mass is 9.99. The van der Waals surface area contributed by atoms with E-state index in [0.29, 0.717) is 30.4 Å². The van der Waals surface area contributed by atoms with Gasteiger partial charge in [0.2, 0.25) is 5.91 Å². The summed E-state index contributed by atoms with van der Waals surface area (Å²) in [5.74, 6) is 0.852. The van der Waals surface area contributed by atoms with E-state index in [9.17, 15) is 9.59 Å². The first-order valence-corrected chi connectivity index (χ1v) is 10.1. The molecule has 1 aliphatic heterocycles. The molecule has 2 unspecified atom stereocenters. The normalized spacial score (nSPS) is 16.4. The Morgan fingerprint density at radius 2 is 1.77 bits per heavy atom. The summed E-state index contributed by atoms with van der Waals surface area (Å²) in [6, 6.07) is 15.3. The molecule has 0 aromatic heterocycles. The molecule has 0 spiro atoms. The number of hydrogen-bond donors (Lipinski definition) is 2. The Morgan fingerprint density at radius 1 is 1.13 bits per heavy atom. The van der Waals surface area contributed by atoms with Crippen LogP contribution in [0.1, 0.15) is 50.3 Å². The molecule has 162 valence electrons. The van der Waals surface area contributed by atoms with Crippen molar-refractivity contribution in [2.45, 2.75) is 45.3 Å². The number of nitrogens with zero attached hydrogens (tertiary/aromatic N) is 1. The average Bonchev–Trinajstić information content (AvgIpc) is 2.72. The summed E-state index contributed by atoms with van der Waals surface area (Å²) in [4.78, 5) is 26.4. The molecular formula is C23H30ClN3O3. The van der Waals surface area contributed by atoms with Crippen molar-refractivity contribution in [1.82, 2.24) is 5.32 Å². The van der Waals surface area contributed by atoms with E-state index in [1.165, 1.54) is 5.56 Å². The van der Waals surface area contributed by atoms with Crippen LogP contribution < -0.4 is 20.7 Å². The maximum absolute atomic E-state index is 12.5. The van der Waals surface area contributed by atoms with Gasteiger partial charge in [-0.25, -0.2) is 0 Å². The standard InChI is InChI=1S/C23H29N3O3.ClH/c1-15(2)17-8-10-18(11-9-17)19(24)14-25-22(27)12-13-26-20-6-4-5-7-21(20)29-16(3)23(26)28;/h4-11,15-16,19H,12-14,24H2,1-3H3,(H,25,27);1H. The molecule has 1 aliphatic rings. The van der Waals surface area contributed by atoms with Crippen LogP contribution in [0.3, 0.4) is 0 Å². The first-order chi connectivity index (χ1) is 13.9. The van der Waals surface area contributed by atoms with Crippen molar-refractivity contribution in [3.63, 3.8) is 0 Å². The molecule has 30 heavy (non-hydrogen) atoms. The second-order valence-corrected chi connectivity index (χ2v) is 7.70. The first-order valence-electron chi connectivity index (χ1n) is 10.1. The third-order valence-electron chi connectivity index (χ3n) is 5.19. The van der Waals surface area contributed by atoms with Crippen LogP contribution in [0.4, 0.5) is 5.69 Å². The smallest absolute Gasteiger partial charge is 0.267 e. The molecule has 0 saturated carbocycles. The molecule has 6 nitrogen and oxygen atoms in total. The van der Waals surface area contributed by atoms with Crippen molar-refractivity contribution in [3.8, 4) is 5.75 Å². The fourth-order valence-corrected chi connectivity index (χ4v) is 3.36. The Balaban J connectivity index is 0.00000320. The van der Waals surface area contributed by atoms with E-state index in [4.69, 9.17) is 10.5 Å². The number of para-hydroxylation sites is 2. The van der Waals surface area contributed by atoms with Gasteiger partial charge >= 0.3 is 0 Å². The zero-order valence-electron chi connectivity index (χ0n) is 17.6. The molecule has 2 atom stereocenters. The van der Waals surface area contributed by atoms with Gasteiger partial charge in [-0.2, -0.15) is 0 Å². The summed E-state index contributed by atoms with van der Waals surface area (Å²) < 4.78 is 5.62. The van der Waals surface area contributed by atoms with E-state index < -0.39 is 6.10 Å². The molecule has 0 bridgehead atoms. The highest BCUT2D eigenvalue weighted by Crippen LogP contribution is 2.33. The van der Waals surface area contributed by atoms with Crippen LogP contribution in [-0.2, 0) is 9.59 Å². The monoisotopic (exact) mass is 431 g/mol. The lowest BCUT2D eigenvalue weighted by Gasteiger charge is -2.32. The molecule has 2 aromatic carbocycles. The minimum Gasteiger partial charge on any atom is -0.479 e. The highest BCUT2D eigenvalue weighted by molar-refractivity contribution is 6.00. The summed E-state index contributed by atoms with van der Waals surface area (Å²) in [6.07, 6.45) is -0.360. The van der Waals surface area contributed by atoms with Crippen LogP contribution in [0.15, 0.2) is 48.5 Å². The topological polar surface area (TPSA) is 84.7 Å². The third-order valence-corrected chi connectivity index (χ3v) is 5.19. The number of ether oxygens (including phenoxy) is 1. The fourth-order valence-electron chi connectivity index (χ4n) is 3.36. The second kappa shape index (κ2) is 10.5. The second-order valence-electron chi connectivity index (χ2n) is 7.70. The van der Waals surface area contributed by atoms with Gasteiger partial charge in [-0.3, -0.25) is 9.59 Å². The van der Waals surface area contributed by atoms with Crippen LogP contribution in [0.25, 0.3) is 0 Å². The number of amides is 2. The van der Waals surface area contributed by atoms with Crippen molar-refractivity contribution in [2.24, 2.45) is 5.73 Å². The Labute approximate surface area is 184 Å². The van der Waals surface area contributed by atoms with Crippen LogP contribution >= 0.6 is 12.4 Å². The highest BCUT2D eigenvalue weighted by atomic mass is 35.5. The Kier molecular flexibility index (Phi) is 8.26. The fraction of sp³-hybridized carbons (Fsp3) is 0.391. The first kappa shape index (κ1) is 23.7. The maximum Gasteiger partial charge on any atom is 0.267 e. The number of nitrogens with one attached hydrogen (secondary N) is 1. The summed E-state index contributed by atoms with van der Waals surface area (Å²) in [5.41, 5.74) is 9.16.